The van der Waals surface area contributed by atoms with Crippen molar-refractivity contribution in [2.75, 3.05) is 13.1 Å². The number of hydrogen-bond acceptors (Lipinski definition) is 2. The molecule has 0 saturated carbocycles. The third-order valence-electron chi connectivity index (χ3n) is 4.03. The molecule has 1 heterocycles. The second kappa shape index (κ2) is 6.70. The summed E-state index contributed by atoms with van der Waals surface area (Å²) in [7, 11) is 0. The normalized spacial score (nSPS) is 18.8. The third kappa shape index (κ3) is 3.06. The van der Waals surface area contributed by atoms with Crippen molar-refractivity contribution < 1.29 is 14.0 Å². The molecule has 21 heavy (non-hydrogen) atoms. The molecule has 1 aliphatic heterocycles. The van der Waals surface area contributed by atoms with Crippen LogP contribution in [0, 0.1) is 11.7 Å². The van der Waals surface area contributed by atoms with Gasteiger partial charge in [-0.05, 0) is 18.9 Å². The fourth-order valence-electron chi connectivity index (χ4n) is 2.78. The number of piperazine rings is 1. The second-order valence-electron chi connectivity index (χ2n) is 5.26. The van der Waals surface area contributed by atoms with Crippen LogP contribution in [0.3, 0.4) is 0 Å². The lowest BCUT2D eigenvalue weighted by molar-refractivity contribution is -0.146. The van der Waals surface area contributed by atoms with Crippen LogP contribution in [0.5, 0.6) is 0 Å². The zero-order chi connectivity index (χ0) is 15.4. The van der Waals surface area contributed by atoms with Gasteiger partial charge < -0.3 is 10.2 Å². The van der Waals surface area contributed by atoms with Gasteiger partial charge >= 0.3 is 0 Å². The fraction of sp³-hybridized carbons (Fsp3) is 0.500. The second-order valence-corrected chi connectivity index (χ2v) is 5.26. The van der Waals surface area contributed by atoms with Gasteiger partial charge in [0.05, 0.1) is 0 Å². The molecule has 1 aromatic rings. The molecule has 1 aromatic carbocycles. The molecule has 0 bridgehead atoms. The number of benzene rings is 1. The Balaban J connectivity index is 2.36. The van der Waals surface area contributed by atoms with E-state index in [1.807, 2.05) is 13.8 Å². The molecule has 1 N–H and O–H groups in total. The summed E-state index contributed by atoms with van der Waals surface area (Å²) in [5.74, 6) is -0.958. The van der Waals surface area contributed by atoms with E-state index in [4.69, 9.17) is 0 Å². The van der Waals surface area contributed by atoms with Crippen LogP contribution in [-0.4, -0.2) is 29.8 Å². The van der Waals surface area contributed by atoms with Crippen molar-refractivity contribution in [3.63, 3.8) is 0 Å². The average molecular weight is 292 g/mol. The van der Waals surface area contributed by atoms with Gasteiger partial charge in [0, 0.05) is 24.6 Å². The van der Waals surface area contributed by atoms with Crippen LogP contribution < -0.4 is 5.32 Å². The summed E-state index contributed by atoms with van der Waals surface area (Å²) in [6.07, 6.45) is 1.44. The molecule has 0 spiro atoms. The van der Waals surface area contributed by atoms with Gasteiger partial charge in [0.15, 0.2) is 0 Å². The third-order valence-corrected chi connectivity index (χ3v) is 4.03. The summed E-state index contributed by atoms with van der Waals surface area (Å²) < 4.78 is 14.0. The molecule has 114 valence electrons. The van der Waals surface area contributed by atoms with Crippen LogP contribution in [0.1, 0.15) is 38.3 Å². The van der Waals surface area contributed by atoms with Crippen LogP contribution in [0.15, 0.2) is 24.3 Å². The van der Waals surface area contributed by atoms with Crippen molar-refractivity contribution in [1.82, 2.24) is 10.2 Å². The Bertz CT molecular complexity index is 529. The van der Waals surface area contributed by atoms with E-state index in [1.165, 1.54) is 11.0 Å². The summed E-state index contributed by atoms with van der Waals surface area (Å²) >= 11 is 0. The van der Waals surface area contributed by atoms with Gasteiger partial charge in [0.2, 0.25) is 11.8 Å². The maximum absolute atomic E-state index is 14.0. The van der Waals surface area contributed by atoms with Crippen LogP contribution >= 0.6 is 0 Å². The number of halogens is 1. The molecule has 1 unspecified atom stereocenters. The predicted octanol–water partition coefficient (Wildman–Crippen LogP) is 2.26. The molecule has 0 radical (unpaired) electrons. The lowest BCUT2D eigenvalue weighted by Gasteiger charge is -2.37. The quantitative estimate of drug-likeness (QED) is 0.925. The maximum Gasteiger partial charge on any atom is 0.247 e. The molecule has 1 fully saturated rings. The number of carbonyl (C=O) groups is 2. The number of nitrogens with one attached hydrogen (secondary N) is 1. The highest BCUT2D eigenvalue weighted by molar-refractivity contribution is 5.90. The minimum atomic E-state index is -0.868. The molecule has 0 aliphatic carbocycles. The Kier molecular flexibility index (Phi) is 4.94. The molecule has 0 aromatic heterocycles. The standard InChI is InChI=1S/C16H21FN2O2/c1-3-11(4-2)16(21)19-10-9-18-15(20)14(19)12-7-5-6-8-13(12)17/h5-8,11,14H,3-4,9-10H2,1-2H3,(H,18,20). The predicted molar refractivity (Wildman–Crippen MR) is 77.9 cm³/mol. The van der Waals surface area contributed by atoms with E-state index < -0.39 is 11.9 Å². The first-order chi connectivity index (χ1) is 10.1. The molecule has 1 saturated heterocycles. The van der Waals surface area contributed by atoms with Crippen molar-refractivity contribution in [3.8, 4) is 0 Å². The van der Waals surface area contributed by atoms with E-state index >= 15 is 0 Å². The molecular weight excluding hydrogens is 271 g/mol. The minimum Gasteiger partial charge on any atom is -0.352 e. The summed E-state index contributed by atoms with van der Waals surface area (Å²) in [6, 6.07) is 5.27. The highest BCUT2D eigenvalue weighted by Gasteiger charge is 2.37. The highest BCUT2D eigenvalue weighted by Crippen LogP contribution is 2.28. The smallest absolute Gasteiger partial charge is 0.247 e. The molecule has 5 heteroatoms. The van der Waals surface area contributed by atoms with Gasteiger partial charge in [0.25, 0.3) is 0 Å². The van der Waals surface area contributed by atoms with Crippen LogP contribution in [0.4, 0.5) is 4.39 Å². The molecule has 4 nitrogen and oxygen atoms in total. The van der Waals surface area contributed by atoms with E-state index in [1.54, 1.807) is 18.2 Å². The van der Waals surface area contributed by atoms with E-state index in [-0.39, 0.29) is 23.3 Å². The van der Waals surface area contributed by atoms with Crippen LogP contribution in [0.2, 0.25) is 0 Å². The van der Waals surface area contributed by atoms with Crippen molar-refractivity contribution in [3.05, 3.63) is 35.6 Å². The Morgan fingerprint density at radius 1 is 1.38 bits per heavy atom. The Labute approximate surface area is 124 Å². The molecule has 1 aliphatic rings. The van der Waals surface area contributed by atoms with Gasteiger partial charge in [-0.2, -0.15) is 0 Å². The van der Waals surface area contributed by atoms with Crippen molar-refractivity contribution in [2.24, 2.45) is 5.92 Å². The summed E-state index contributed by atoms with van der Waals surface area (Å²) in [6.45, 7) is 4.73. The number of carbonyl (C=O) groups excluding carboxylic acids is 2. The fourth-order valence-corrected chi connectivity index (χ4v) is 2.78. The summed E-state index contributed by atoms with van der Waals surface area (Å²) in [4.78, 5) is 26.3. The molecule has 2 rings (SSSR count). The van der Waals surface area contributed by atoms with Crippen LogP contribution in [0.25, 0.3) is 0 Å². The lowest BCUT2D eigenvalue weighted by Crippen LogP contribution is -2.53. The Hall–Kier alpha value is -1.91. The number of amides is 2. The zero-order valence-electron chi connectivity index (χ0n) is 12.4. The topological polar surface area (TPSA) is 49.4 Å². The number of hydrogen-bond donors (Lipinski definition) is 1. The molecule has 1 atom stereocenters. The first kappa shape index (κ1) is 15.5. The minimum absolute atomic E-state index is 0.0666. The number of rotatable bonds is 4. The van der Waals surface area contributed by atoms with Crippen molar-refractivity contribution in [1.29, 1.82) is 0 Å². The van der Waals surface area contributed by atoms with E-state index in [9.17, 15) is 14.0 Å². The first-order valence-electron chi connectivity index (χ1n) is 7.42. The van der Waals surface area contributed by atoms with Gasteiger partial charge in [-0.1, -0.05) is 32.0 Å². The van der Waals surface area contributed by atoms with Gasteiger partial charge in [-0.15, -0.1) is 0 Å². The van der Waals surface area contributed by atoms with Crippen molar-refractivity contribution in [2.45, 2.75) is 32.7 Å². The van der Waals surface area contributed by atoms with E-state index in [0.29, 0.717) is 13.1 Å². The van der Waals surface area contributed by atoms with Gasteiger partial charge in [0.1, 0.15) is 11.9 Å². The van der Waals surface area contributed by atoms with Crippen LogP contribution in [-0.2, 0) is 9.59 Å². The average Bonchev–Trinajstić information content (AvgIpc) is 2.49. The first-order valence-corrected chi connectivity index (χ1v) is 7.42. The Morgan fingerprint density at radius 3 is 2.67 bits per heavy atom. The molecule has 2 amide bonds. The summed E-state index contributed by atoms with van der Waals surface area (Å²) in [5, 5.41) is 2.72. The van der Waals surface area contributed by atoms with E-state index in [0.717, 1.165) is 12.8 Å². The number of nitrogens with zero attached hydrogens (tertiary/aromatic N) is 1. The highest BCUT2D eigenvalue weighted by atomic mass is 19.1. The van der Waals surface area contributed by atoms with Gasteiger partial charge in [-0.3, -0.25) is 9.59 Å². The van der Waals surface area contributed by atoms with E-state index in [2.05, 4.69) is 5.32 Å². The lowest BCUT2D eigenvalue weighted by atomic mass is 9.96. The van der Waals surface area contributed by atoms with Gasteiger partial charge in [-0.25, -0.2) is 4.39 Å². The Morgan fingerprint density at radius 2 is 2.05 bits per heavy atom. The van der Waals surface area contributed by atoms with Crippen molar-refractivity contribution >= 4 is 11.8 Å². The zero-order valence-corrected chi connectivity index (χ0v) is 12.4. The molecular formula is C16H21FN2O2. The largest absolute Gasteiger partial charge is 0.352 e. The SMILES string of the molecule is CCC(CC)C(=O)N1CCNC(=O)C1c1ccccc1F. The monoisotopic (exact) mass is 292 g/mol. The maximum atomic E-state index is 14.0. The summed E-state index contributed by atoms with van der Waals surface area (Å²) in [5.41, 5.74) is 0.258.